The summed E-state index contributed by atoms with van der Waals surface area (Å²) in [7, 11) is 0. The van der Waals surface area contributed by atoms with Gasteiger partial charge in [-0.25, -0.2) is 4.39 Å². The van der Waals surface area contributed by atoms with Crippen molar-refractivity contribution in [1.29, 1.82) is 0 Å². The van der Waals surface area contributed by atoms with Gasteiger partial charge in [0.05, 0.1) is 6.42 Å². The minimum Gasteiger partial charge on any atom is -0.354 e. The molecule has 0 unspecified atom stereocenters. The van der Waals surface area contributed by atoms with Crippen LogP contribution in [-0.4, -0.2) is 35.8 Å². The Morgan fingerprint density at radius 2 is 1.86 bits per heavy atom. The van der Waals surface area contributed by atoms with Gasteiger partial charge in [-0.15, -0.1) is 0 Å². The van der Waals surface area contributed by atoms with Crippen molar-refractivity contribution >= 4 is 23.4 Å². The summed E-state index contributed by atoms with van der Waals surface area (Å²) in [5, 5.41) is 3.08. The lowest BCUT2D eigenvalue weighted by Crippen LogP contribution is -2.49. The van der Waals surface area contributed by atoms with Gasteiger partial charge in [0, 0.05) is 23.7 Å². The zero-order chi connectivity index (χ0) is 21.2. The number of unbranched alkanes of at least 4 members (excludes halogenated alkanes) is 1. The Morgan fingerprint density at radius 1 is 1.14 bits per heavy atom. The fourth-order valence-corrected chi connectivity index (χ4v) is 3.29. The second-order valence-electron chi connectivity index (χ2n) is 7.02. The van der Waals surface area contributed by atoms with E-state index in [1.54, 1.807) is 13.0 Å². The number of hydrogen-bond donors (Lipinski definition) is 1. The monoisotopic (exact) mass is 418 g/mol. The molecule has 2 amide bonds. The molecule has 0 radical (unpaired) electrons. The van der Waals surface area contributed by atoms with E-state index in [2.05, 4.69) is 5.32 Å². The Balaban J connectivity index is 2.15. The number of rotatable bonds is 10. The van der Waals surface area contributed by atoms with Crippen LogP contribution >= 0.6 is 11.6 Å². The second-order valence-corrected chi connectivity index (χ2v) is 7.43. The molecule has 0 bridgehead atoms. The van der Waals surface area contributed by atoms with Gasteiger partial charge < -0.3 is 10.2 Å². The van der Waals surface area contributed by atoms with E-state index >= 15 is 0 Å². The van der Waals surface area contributed by atoms with Crippen molar-refractivity contribution in [2.24, 2.45) is 0 Å². The molecule has 1 N–H and O–H groups in total. The van der Waals surface area contributed by atoms with E-state index in [0.717, 1.165) is 18.4 Å². The third-order valence-electron chi connectivity index (χ3n) is 4.87. The predicted octanol–water partition coefficient (Wildman–Crippen LogP) is 4.40. The van der Waals surface area contributed by atoms with Gasteiger partial charge >= 0.3 is 0 Å². The number of halogens is 2. The standard InChI is InChI=1S/C23H28ClFN2O2/c1-3-4-14-26-23(29)17(2)27(15-13-18-9-6-5-7-10-18)22(28)16-19-20(24)11-8-12-21(19)25/h5-12,17H,3-4,13-16H2,1-2H3,(H,26,29)/t17-/m1/s1. The number of nitrogens with zero attached hydrogens (tertiary/aromatic N) is 1. The highest BCUT2D eigenvalue weighted by atomic mass is 35.5. The molecule has 0 aliphatic heterocycles. The molecule has 6 heteroatoms. The maximum Gasteiger partial charge on any atom is 0.242 e. The molecule has 0 aliphatic rings. The fraction of sp³-hybridized carbons (Fsp3) is 0.391. The van der Waals surface area contributed by atoms with Crippen molar-refractivity contribution in [2.75, 3.05) is 13.1 Å². The predicted molar refractivity (Wildman–Crippen MR) is 114 cm³/mol. The van der Waals surface area contributed by atoms with Crippen LogP contribution in [0.15, 0.2) is 48.5 Å². The molecule has 156 valence electrons. The van der Waals surface area contributed by atoms with Crippen LogP contribution in [-0.2, 0) is 22.4 Å². The van der Waals surface area contributed by atoms with Crippen LogP contribution in [0.1, 0.15) is 37.8 Å². The van der Waals surface area contributed by atoms with Crippen LogP contribution in [0.2, 0.25) is 5.02 Å². The Hall–Kier alpha value is -2.40. The lowest BCUT2D eigenvalue weighted by Gasteiger charge is -2.29. The van der Waals surface area contributed by atoms with Gasteiger partial charge in [-0.2, -0.15) is 0 Å². The SMILES string of the molecule is CCCCNC(=O)[C@@H](C)N(CCc1ccccc1)C(=O)Cc1c(F)cccc1Cl. The quantitative estimate of drug-likeness (QED) is 0.581. The first-order valence-electron chi connectivity index (χ1n) is 9.98. The van der Waals surface area contributed by atoms with Gasteiger partial charge in [0.15, 0.2) is 0 Å². The molecule has 0 spiro atoms. The number of amides is 2. The molecule has 0 fully saturated rings. The van der Waals surface area contributed by atoms with E-state index in [4.69, 9.17) is 11.6 Å². The average Bonchev–Trinajstić information content (AvgIpc) is 2.71. The highest BCUT2D eigenvalue weighted by Gasteiger charge is 2.26. The van der Waals surface area contributed by atoms with Crippen LogP contribution in [0.5, 0.6) is 0 Å². The Labute approximate surface area is 177 Å². The summed E-state index contributed by atoms with van der Waals surface area (Å²) in [5.74, 6) is -1.06. The van der Waals surface area contributed by atoms with Crippen molar-refractivity contribution in [3.63, 3.8) is 0 Å². The molecule has 0 heterocycles. The first kappa shape index (κ1) is 22.9. The maximum absolute atomic E-state index is 14.2. The van der Waals surface area contributed by atoms with Crippen LogP contribution < -0.4 is 5.32 Å². The van der Waals surface area contributed by atoms with E-state index < -0.39 is 11.9 Å². The smallest absolute Gasteiger partial charge is 0.242 e. The molecule has 0 aliphatic carbocycles. The van der Waals surface area contributed by atoms with Crippen molar-refractivity contribution in [3.05, 3.63) is 70.5 Å². The van der Waals surface area contributed by atoms with Crippen molar-refractivity contribution < 1.29 is 14.0 Å². The molecule has 0 saturated carbocycles. The highest BCUT2D eigenvalue weighted by Crippen LogP contribution is 2.21. The average molecular weight is 419 g/mol. The molecule has 0 aromatic heterocycles. The van der Waals surface area contributed by atoms with Crippen molar-refractivity contribution in [3.8, 4) is 0 Å². The third kappa shape index (κ3) is 6.86. The number of nitrogens with one attached hydrogen (secondary N) is 1. The van der Waals surface area contributed by atoms with Gasteiger partial charge in [0.1, 0.15) is 11.9 Å². The fourth-order valence-electron chi connectivity index (χ4n) is 3.06. The number of hydrogen-bond acceptors (Lipinski definition) is 2. The van der Waals surface area contributed by atoms with Gasteiger partial charge in [0.25, 0.3) is 0 Å². The maximum atomic E-state index is 14.2. The molecular formula is C23H28ClFN2O2. The van der Waals surface area contributed by atoms with Crippen LogP contribution in [0.25, 0.3) is 0 Å². The van der Waals surface area contributed by atoms with Crippen LogP contribution in [0, 0.1) is 5.82 Å². The lowest BCUT2D eigenvalue weighted by atomic mass is 10.1. The Morgan fingerprint density at radius 3 is 2.52 bits per heavy atom. The summed E-state index contributed by atoms with van der Waals surface area (Å²) >= 11 is 6.09. The van der Waals surface area contributed by atoms with Gasteiger partial charge in [-0.3, -0.25) is 9.59 Å². The van der Waals surface area contributed by atoms with Gasteiger partial charge in [-0.1, -0.05) is 61.3 Å². The first-order chi connectivity index (χ1) is 13.9. The van der Waals surface area contributed by atoms with E-state index in [1.165, 1.54) is 17.0 Å². The minimum absolute atomic E-state index is 0.155. The molecule has 4 nitrogen and oxygen atoms in total. The Bertz CT molecular complexity index is 794. The molecule has 0 saturated heterocycles. The third-order valence-corrected chi connectivity index (χ3v) is 5.22. The van der Waals surface area contributed by atoms with Gasteiger partial charge in [-0.05, 0) is 37.5 Å². The van der Waals surface area contributed by atoms with Crippen LogP contribution in [0.4, 0.5) is 4.39 Å². The van der Waals surface area contributed by atoms with E-state index in [9.17, 15) is 14.0 Å². The summed E-state index contributed by atoms with van der Waals surface area (Å²) in [5.41, 5.74) is 1.22. The highest BCUT2D eigenvalue weighted by molar-refractivity contribution is 6.31. The largest absolute Gasteiger partial charge is 0.354 e. The van der Waals surface area contributed by atoms with E-state index in [1.807, 2.05) is 37.3 Å². The van der Waals surface area contributed by atoms with E-state index in [-0.39, 0.29) is 28.8 Å². The molecular weight excluding hydrogens is 391 g/mol. The summed E-state index contributed by atoms with van der Waals surface area (Å²) < 4.78 is 14.2. The molecule has 29 heavy (non-hydrogen) atoms. The van der Waals surface area contributed by atoms with Crippen LogP contribution in [0.3, 0.4) is 0 Å². The topological polar surface area (TPSA) is 49.4 Å². The summed E-state index contributed by atoms with van der Waals surface area (Å²) in [6.45, 7) is 4.67. The lowest BCUT2D eigenvalue weighted by molar-refractivity contribution is -0.139. The zero-order valence-corrected chi connectivity index (χ0v) is 17.7. The summed E-state index contributed by atoms with van der Waals surface area (Å²) in [6, 6.07) is 13.4. The van der Waals surface area contributed by atoms with Gasteiger partial charge in [0.2, 0.25) is 11.8 Å². The Kier molecular flexibility index (Phi) is 9.13. The van der Waals surface area contributed by atoms with E-state index in [0.29, 0.717) is 19.5 Å². The van der Waals surface area contributed by atoms with Crippen molar-refractivity contribution in [2.45, 2.75) is 45.6 Å². The number of carbonyl (C=O) groups is 2. The number of carbonyl (C=O) groups excluding carboxylic acids is 2. The molecule has 2 aromatic rings. The zero-order valence-electron chi connectivity index (χ0n) is 17.0. The summed E-state index contributed by atoms with van der Waals surface area (Å²) in [4.78, 5) is 27.1. The second kappa shape index (κ2) is 11.6. The molecule has 1 atom stereocenters. The molecule has 2 aromatic carbocycles. The normalized spacial score (nSPS) is 11.7. The summed E-state index contributed by atoms with van der Waals surface area (Å²) in [6.07, 6.45) is 2.26. The number of benzene rings is 2. The minimum atomic E-state index is -0.659. The van der Waals surface area contributed by atoms with Crippen molar-refractivity contribution in [1.82, 2.24) is 10.2 Å². The first-order valence-corrected chi connectivity index (χ1v) is 10.4. The molecule has 2 rings (SSSR count).